The second-order valence-electron chi connectivity index (χ2n) is 5.00. The van der Waals surface area contributed by atoms with Crippen LogP contribution in [0.25, 0.3) is 0 Å². The summed E-state index contributed by atoms with van der Waals surface area (Å²) >= 11 is 0. The highest BCUT2D eigenvalue weighted by atomic mass is 15.2. The summed E-state index contributed by atoms with van der Waals surface area (Å²) in [4.78, 5) is 2.42. The fourth-order valence-corrected chi connectivity index (χ4v) is 2.39. The predicted molar refractivity (Wildman–Crippen MR) is 70.1 cm³/mol. The SMILES string of the molecule is CC(C)NCC1CCc2ccccc2N1C. The molecule has 0 amide bonds. The quantitative estimate of drug-likeness (QED) is 0.838. The van der Waals surface area contributed by atoms with Crippen molar-refractivity contribution in [3.05, 3.63) is 29.8 Å². The number of nitrogens with one attached hydrogen (secondary N) is 1. The fraction of sp³-hybridized carbons (Fsp3) is 0.571. The maximum atomic E-state index is 3.53. The van der Waals surface area contributed by atoms with E-state index in [-0.39, 0.29) is 0 Å². The van der Waals surface area contributed by atoms with E-state index in [1.807, 2.05) is 0 Å². The van der Waals surface area contributed by atoms with Gasteiger partial charge in [-0.15, -0.1) is 0 Å². The maximum absolute atomic E-state index is 3.53. The van der Waals surface area contributed by atoms with Crippen LogP contribution in [0.1, 0.15) is 25.8 Å². The number of hydrogen-bond acceptors (Lipinski definition) is 2. The Morgan fingerprint density at radius 3 is 2.88 bits per heavy atom. The van der Waals surface area contributed by atoms with Crippen LogP contribution < -0.4 is 10.2 Å². The summed E-state index contributed by atoms with van der Waals surface area (Å²) in [6.07, 6.45) is 2.47. The molecule has 2 nitrogen and oxygen atoms in total. The number of rotatable bonds is 3. The number of nitrogens with zero attached hydrogens (tertiary/aromatic N) is 1. The van der Waals surface area contributed by atoms with Crippen molar-refractivity contribution < 1.29 is 0 Å². The van der Waals surface area contributed by atoms with E-state index in [9.17, 15) is 0 Å². The Morgan fingerprint density at radius 1 is 1.38 bits per heavy atom. The summed E-state index contributed by atoms with van der Waals surface area (Å²) in [5.74, 6) is 0. The molecule has 1 N–H and O–H groups in total. The molecular weight excluding hydrogens is 196 g/mol. The summed E-state index contributed by atoms with van der Waals surface area (Å²) in [6, 6.07) is 9.96. The molecule has 1 atom stereocenters. The van der Waals surface area contributed by atoms with Crippen molar-refractivity contribution in [3.8, 4) is 0 Å². The van der Waals surface area contributed by atoms with Crippen LogP contribution in [0.3, 0.4) is 0 Å². The molecule has 0 radical (unpaired) electrons. The highest BCUT2D eigenvalue weighted by molar-refractivity contribution is 5.55. The van der Waals surface area contributed by atoms with Gasteiger partial charge in [-0.2, -0.15) is 0 Å². The van der Waals surface area contributed by atoms with Gasteiger partial charge in [-0.25, -0.2) is 0 Å². The summed E-state index contributed by atoms with van der Waals surface area (Å²) in [5.41, 5.74) is 2.90. The van der Waals surface area contributed by atoms with Crippen molar-refractivity contribution in [3.63, 3.8) is 0 Å². The van der Waals surface area contributed by atoms with Crippen molar-refractivity contribution in [2.75, 3.05) is 18.5 Å². The monoisotopic (exact) mass is 218 g/mol. The summed E-state index contributed by atoms with van der Waals surface area (Å²) in [6.45, 7) is 5.50. The number of para-hydroxylation sites is 1. The van der Waals surface area contributed by atoms with Crippen LogP contribution in [-0.4, -0.2) is 25.7 Å². The Hall–Kier alpha value is -1.02. The van der Waals surface area contributed by atoms with Crippen LogP contribution in [0.2, 0.25) is 0 Å². The highest BCUT2D eigenvalue weighted by Crippen LogP contribution is 2.28. The van der Waals surface area contributed by atoms with Gasteiger partial charge in [-0.1, -0.05) is 32.0 Å². The summed E-state index contributed by atoms with van der Waals surface area (Å²) in [7, 11) is 2.21. The molecule has 1 aliphatic heterocycles. The molecule has 0 saturated heterocycles. The highest BCUT2D eigenvalue weighted by Gasteiger charge is 2.22. The zero-order chi connectivity index (χ0) is 11.5. The van der Waals surface area contributed by atoms with Gasteiger partial charge < -0.3 is 10.2 Å². The molecule has 0 fully saturated rings. The van der Waals surface area contributed by atoms with Crippen LogP contribution in [0, 0.1) is 0 Å². The van der Waals surface area contributed by atoms with Gasteiger partial charge in [0.05, 0.1) is 0 Å². The lowest BCUT2D eigenvalue weighted by atomic mass is 9.96. The summed E-state index contributed by atoms with van der Waals surface area (Å²) < 4.78 is 0. The van der Waals surface area contributed by atoms with Crippen molar-refractivity contribution >= 4 is 5.69 Å². The van der Waals surface area contributed by atoms with Gasteiger partial charge in [0.15, 0.2) is 0 Å². The Kier molecular flexibility index (Phi) is 3.49. The number of likely N-dealkylation sites (N-methyl/N-ethyl adjacent to an activating group) is 1. The fourth-order valence-electron chi connectivity index (χ4n) is 2.39. The topological polar surface area (TPSA) is 15.3 Å². The van der Waals surface area contributed by atoms with Crippen molar-refractivity contribution in [2.24, 2.45) is 0 Å². The molecule has 0 saturated carbocycles. The third-order valence-electron chi connectivity index (χ3n) is 3.43. The first-order valence-corrected chi connectivity index (χ1v) is 6.22. The second-order valence-corrected chi connectivity index (χ2v) is 5.00. The van der Waals surface area contributed by atoms with E-state index in [0.717, 1.165) is 6.54 Å². The molecule has 1 unspecified atom stereocenters. The molecule has 0 aromatic heterocycles. The first kappa shape index (κ1) is 11.5. The smallest absolute Gasteiger partial charge is 0.0414 e. The minimum Gasteiger partial charge on any atom is -0.370 e. The Bertz CT molecular complexity index is 346. The van der Waals surface area contributed by atoms with Gasteiger partial charge in [-0.3, -0.25) is 0 Å². The molecule has 1 aliphatic rings. The number of fused-ring (bicyclic) bond motifs is 1. The van der Waals surface area contributed by atoms with E-state index in [1.165, 1.54) is 24.1 Å². The minimum atomic E-state index is 0.575. The molecule has 2 heteroatoms. The third-order valence-corrected chi connectivity index (χ3v) is 3.43. The van der Waals surface area contributed by atoms with Crippen LogP contribution in [0.15, 0.2) is 24.3 Å². The van der Waals surface area contributed by atoms with Gasteiger partial charge in [0, 0.05) is 31.4 Å². The second kappa shape index (κ2) is 4.88. The lowest BCUT2D eigenvalue weighted by Crippen LogP contribution is -2.44. The normalized spacial score (nSPS) is 20.0. The predicted octanol–water partition coefficient (Wildman–Crippen LogP) is 2.44. The molecule has 1 aromatic carbocycles. The lowest BCUT2D eigenvalue weighted by molar-refractivity contribution is 0.478. The van der Waals surface area contributed by atoms with E-state index in [2.05, 4.69) is 55.4 Å². The van der Waals surface area contributed by atoms with Crippen molar-refractivity contribution in [1.82, 2.24) is 5.32 Å². The molecule has 0 bridgehead atoms. The number of hydrogen-bond donors (Lipinski definition) is 1. The van der Waals surface area contributed by atoms with E-state index in [4.69, 9.17) is 0 Å². The molecule has 2 rings (SSSR count). The number of aryl methyl sites for hydroxylation is 1. The largest absolute Gasteiger partial charge is 0.370 e. The molecule has 0 spiro atoms. The van der Waals surface area contributed by atoms with E-state index in [0.29, 0.717) is 12.1 Å². The van der Waals surface area contributed by atoms with Crippen molar-refractivity contribution in [2.45, 2.75) is 38.8 Å². The molecule has 88 valence electrons. The van der Waals surface area contributed by atoms with Gasteiger partial charge in [0.2, 0.25) is 0 Å². The maximum Gasteiger partial charge on any atom is 0.0414 e. The molecule has 1 heterocycles. The number of anilines is 1. The van der Waals surface area contributed by atoms with Crippen molar-refractivity contribution in [1.29, 1.82) is 0 Å². The zero-order valence-corrected chi connectivity index (χ0v) is 10.5. The van der Waals surface area contributed by atoms with Gasteiger partial charge in [0.25, 0.3) is 0 Å². The molecule has 16 heavy (non-hydrogen) atoms. The van der Waals surface area contributed by atoms with E-state index in [1.54, 1.807) is 0 Å². The molecule has 0 aliphatic carbocycles. The number of benzene rings is 1. The van der Waals surface area contributed by atoms with Crippen LogP contribution >= 0.6 is 0 Å². The Labute approximate surface area is 98.7 Å². The lowest BCUT2D eigenvalue weighted by Gasteiger charge is -2.36. The third kappa shape index (κ3) is 2.38. The Morgan fingerprint density at radius 2 is 2.12 bits per heavy atom. The first-order chi connectivity index (χ1) is 7.68. The van der Waals surface area contributed by atoms with Crippen LogP contribution in [0.5, 0.6) is 0 Å². The van der Waals surface area contributed by atoms with Gasteiger partial charge in [0.1, 0.15) is 0 Å². The molecule has 1 aromatic rings. The average molecular weight is 218 g/mol. The zero-order valence-electron chi connectivity index (χ0n) is 10.5. The minimum absolute atomic E-state index is 0.575. The summed E-state index contributed by atoms with van der Waals surface area (Å²) in [5, 5.41) is 3.53. The molecular formula is C14H22N2. The van der Waals surface area contributed by atoms with E-state index >= 15 is 0 Å². The van der Waals surface area contributed by atoms with Crippen LogP contribution in [0.4, 0.5) is 5.69 Å². The Balaban J connectivity index is 2.06. The first-order valence-electron chi connectivity index (χ1n) is 6.22. The van der Waals surface area contributed by atoms with Gasteiger partial charge >= 0.3 is 0 Å². The van der Waals surface area contributed by atoms with E-state index < -0.39 is 0 Å². The van der Waals surface area contributed by atoms with Crippen LogP contribution in [-0.2, 0) is 6.42 Å². The standard InChI is InChI=1S/C14H22N2/c1-11(2)15-10-13-9-8-12-6-4-5-7-14(12)16(13)3/h4-7,11,13,15H,8-10H2,1-3H3. The van der Waals surface area contributed by atoms with Gasteiger partial charge in [-0.05, 0) is 24.5 Å². The average Bonchev–Trinajstić information content (AvgIpc) is 2.28.